The average Bonchev–Trinajstić information content (AvgIpc) is 2.80. The average molecular weight is 239 g/mol. The molecule has 0 aliphatic carbocycles. The molecule has 0 saturated heterocycles. The summed E-state index contributed by atoms with van der Waals surface area (Å²) in [6.07, 6.45) is 1.10. The lowest BCUT2D eigenvalue weighted by Gasteiger charge is -2.00. The maximum absolute atomic E-state index is 5.16. The lowest BCUT2D eigenvalue weighted by atomic mass is 10.3. The van der Waals surface area contributed by atoms with Crippen molar-refractivity contribution in [2.75, 3.05) is 0 Å². The number of aryl methyl sites for hydroxylation is 2. The van der Waals surface area contributed by atoms with Crippen LogP contribution in [0.4, 0.5) is 0 Å². The van der Waals surface area contributed by atoms with Crippen LogP contribution in [-0.4, -0.2) is 14.8 Å². The normalized spacial score (nSPS) is 10.8. The van der Waals surface area contributed by atoms with Crippen LogP contribution in [0.25, 0.3) is 0 Å². The smallest absolute Gasteiger partial charge is 0.195 e. The van der Waals surface area contributed by atoms with Gasteiger partial charge in [-0.1, -0.05) is 6.92 Å². The van der Waals surface area contributed by atoms with E-state index in [9.17, 15) is 0 Å². The third-order valence-corrected chi connectivity index (χ3v) is 3.85. The van der Waals surface area contributed by atoms with E-state index in [4.69, 9.17) is 12.2 Å². The Hall–Kier alpha value is -0.940. The highest BCUT2D eigenvalue weighted by Gasteiger charge is 2.04. The molecule has 3 nitrogen and oxygen atoms in total. The van der Waals surface area contributed by atoms with Crippen LogP contribution in [0, 0.1) is 11.7 Å². The molecule has 2 aromatic heterocycles. The summed E-state index contributed by atoms with van der Waals surface area (Å²) in [4.78, 5) is 2.74. The van der Waals surface area contributed by atoms with Crippen molar-refractivity contribution in [3.8, 4) is 0 Å². The lowest BCUT2D eigenvalue weighted by molar-refractivity contribution is 0.761. The third kappa shape index (κ3) is 2.18. The number of thiophene rings is 1. The topological polar surface area (TPSA) is 33.6 Å². The van der Waals surface area contributed by atoms with E-state index in [2.05, 4.69) is 29.3 Å². The highest BCUT2D eigenvalue weighted by atomic mass is 32.1. The minimum atomic E-state index is 0.693. The molecule has 0 spiro atoms. The molecule has 1 N–H and O–H groups in total. The molecule has 15 heavy (non-hydrogen) atoms. The second-order valence-electron chi connectivity index (χ2n) is 3.38. The zero-order valence-corrected chi connectivity index (χ0v) is 10.4. The Kier molecular flexibility index (Phi) is 3.02. The van der Waals surface area contributed by atoms with Gasteiger partial charge < -0.3 is 0 Å². The number of hydrogen-bond acceptors (Lipinski definition) is 3. The van der Waals surface area contributed by atoms with E-state index in [0.29, 0.717) is 4.77 Å². The van der Waals surface area contributed by atoms with Gasteiger partial charge in [0, 0.05) is 9.75 Å². The van der Waals surface area contributed by atoms with Crippen LogP contribution in [0.15, 0.2) is 12.1 Å². The predicted octanol–water partition coefficient (Wildman–Crippen LogP) is 2.92. The quantitative estimate of drug-likeness (QED) is 0.836. The van der Waals surface area contributed by atoms with E-state index in [1.54, 1.807) is 0 Å². The molecule has 5 heteroatoms. The SMILES string of the molecule is CCc1ccc(Cn2c(C)n[nH]c2=S)s1. The first-order valence-corrected chi connectivity index (χ1v) is 6.12. The third-order valence-electron chi connectivity index (χ3n) is 2.33. The fourth-order valence-corrected chi connectivity index (χ4v) is 2.62. The highest BCUT2D eigenvalue weighted by molar-refractivity contribution is 7.71. The van der Waals surface area contributed by atoms with Crippen molar-refractivity contribution in [2.24, 2.45) is 0 Å². The molecule has 80 valence electrons. The van der Waals surface area contributed by atoms with Gasteiger partial charge in [0.1, 0.15) is 5.82 Å². The molecule has 0 fully saturated rings. The molecule has 0 radical (unpaired) electrons. The number of nitrogens with one attached hydrogen (secondary N) is 1. The first-order chi connectivity index (χ1) is 7.20. The van der Waals surface area contributed by atoms with E-state index < -0.39 is 0 Å². The highest BCUT2D eigenvalue weighted by Crippen LogP contribution is 2.18. The number of hydrogen-bond donors (Lipinski definition) is 1. The van der Waals surface area contributed by atoms with Gasteiger partial charge >= 0.3 is 0 Å². The maximum atomic E-state index is 5.16. The zero-order chi connectivity index (χ0) is 10.8. The fraction of sp³-hybridized carbons (Fsp3) is 0.400. The van der Waals surface area contributed by atoms with Gasteiger partial charge in [0.15, 0.2) is 4.77 Å². The summed E-state index contributed by atoms with van der Waals surface area (Å²) in [7, 11) is 0. The molecule has 0 atom stereocenters. The number of nitrogens with zero attached hydrogens (tertiary/aromatic N) is 2. The van der Waals surface area contributed by atoms with Gasteiger partial charge in [-0.05, 0) is 37.7 Å². The molecule has 0 aliphatic rings. The molecule has 2 rings (SSSR count). The Morgan fingerprint density at radius 2 is 2.20 bits per heavy atom. The van der Waals surface area contributed by atoms with Crippen LogP contribution in [0.3, 0.4) is 0 Å². The van der Waals surface area contributed by atoms with Crippen molar-refractivity contribution in [3.05, 3.63) is 32.5 Å². The summed E-state index contributed by atoms with van der Waals surface area (Å²) in [6.45, 7) is 4.96. The molecular formula is C10H13N3S2. The first kappa shape index (κ1) is 10.6. The number of H-pyrrole nitrogens is 1. The van der Waals surface area contributed by atoms with Crippen LogP contribution in [0.5, 0.6) is 0 Å². The van der Waals surface area contributed by atoms with Crippen LogP contribution >= 0.6 is 23.6 Å². The Bertz CT molecular complexity index is 507. The summed E-state index contributed by atoms with van der Waals surface area (Å²) in [5.74, 6) is 0.937. The summed E-state index contributed by atoms with van der Waals surface area (Å²) < 4.78 is 2.71. The Labute approximate surface area is 97.8 Å². The van der Waals surface area contributed by atoms with Gasteiger partial charge in [-0.3, -0.25) is 9.67 Å². The van der Waals surface area contributed by atoms with Crippen molar-refractivity contribution < 1.29 is 0 Å². The van der Waals surface area contributed by atoms with Crippen molar-refractivity contribution in [3.63, 3.8) is 0 Å². The van der Waals surface area contributed by atoms with Gasteiger partial charge in [-0.2, -0.15) is 5.10 Å². The van der Waals surface area contributed by atoms with Gasteiger partial charge in [0.05, 0.1) is 6.54 Å². The predicted molar refractivity (Wildman–Crippen MR) is 64.9 cm³/mol. The van der Waals surface area contributed by atoms with Crippen LogP contribution in [0.1, 0.15) is 22.5 Å². The van der Waals surface area contributed by atoms with Crippen LogP contribution in [0.2, 0.25) is 0 Å². The Morgan fingerprint density at radius 1 is 1.47 bits per heavy atom. The second kappa shape index (κ2) is 4.28. The largest absolute Gasteiger partial charge is 0.299 e. The van der Waals surface area contributed by atoms with Crippen molar-refractivity contribution in [1.82, 2.24) is 14.8 Å². The monoisotopic (exact) mass is 239 g/mol. The van der Waals surface area contributed by atoms with Gasteiger partial charge in [-0.15, -0.1) is 11.3 Å². The Morgan fingerprint density at radius 3 is 2.73 bits per heavy atom. The summed E-state index contributed by atoms with van der Waals surface area (Å²) in [6, 6.07) is 4.34. The molecular weight excluding hydrogens is 226 g/mol. The maximum Gasteiger partial charge on any atom is 0.195 e. The summed E-state index contributed by atoms with van der Waals surface area (Å²) >= 11 is 7.00. The summed E-state index contributed by atoms with van der Waals surface area (Å²) in [5.41, 5.74) is 0. The molecule has 2 heterocycles. The minimum Gasteiger partial charge on any atom is -0.299 e. The van der Waals surface area contributed by atoms with Crippen molar-refractivity contribution >= 4 is 23.6 Å². The van der Waals surface area contributed by atoms with Crippen LogP contribution in [-0.2, 0) is 13.0 Å². The molecule has 0 amide bonds. The van der Waals surface area contributed by atoms with Gasteiger partial charge in [0.2, 0.25) is 0 Å². The van der Waals surface area contributed by atoms with Crippen molar-refractivity contribution in [2.45, 2.75) is 26.8 Å². The van der Waals surface area contributed by atoms with Gasteiger partial charge in [-0.25, -0.2) is 0 Å². The molecule has 0 saturated carbocycles. The molecule has 2 aromatic rings. The number of aromatic nitrogens is 3. The standard InChI is InChI=1S/C10H13N3S2/c1-3-8-4-5-9(15-8)6-13-7(2)11-12-10(13)14/h4-5H,3,6H2,1-2H3,(H,12,14). The molecule has 0 aliphatic heterocycles. The van der Waals surface area contributed by atoms with E-state index in [0.717, 1.165) is 18.8 Å². The second-order valence-corrected chi connectivity index (χ2v) is 5.02. The first-order valence-electron chi connectivity index (χ1n) is 4.90. The van der Waals surface area contributed by atoms with E-state index in [-0.39, 0.29) is 0 Å². The summed E-state index contributed by atoms with van der Waals surface area (Å²) in [5, 5.41) is 6.89. The van der Waals surface area contributed by atoms with Gasteiger partial charge in [0.25, 0.3) is 0 Å². The zero-order valence-electron chi connectivity index (χ0n) is 8.78. The van der Waals surface area contributed by atoms with Crippen molar-refractivity contribution in [1.29, 1.82) is 0 Å². The van der Waals surface area contributed by atoms with E-state index >= 15 is 0 Å². The fourth-order valence-electron chi connectivity index (χ4n) is 1.44. The lowest BCUT2D eigenvalue weighted by Crippen LogP contribution is -2.00. The van der Waals surface area contributed by atoms with E-state index in [1.165, 1.54) is 9.75 Å². The minimum absolute atomic E-state index is 0.693. The van der Waals surface area contributed by atoms with Crippen LogP contribution < -0.4 is 0 Å². The molecule has 0 bridgehead atoms. The molecule has 0 aromatic carbocycles. The molecule has 0 unspecified atom stereocenters. The van der Waals surface area contributed by atoms with E-state index in [1.807, 2.05) is 22.8 Å². The number of rotatable bonds is 3. The number of aromatic amines is 1. The Balaban J connectivity index is 2.25.